The van der Waals surface area contributed by atoms with Crippen LogP contribution < -0.4 is 10.6 Å². The second-order valence-corrected chi connectivity index (χ2v) is 6.47. The highest BCUT2D eigenvalue weighted by molar-refractivity contribution is 7.18. The van der Waals surface area contributed by atoms with Gasteiger partial charge >= 0.3 is 0 Å². The normalized spacial score (nSPS) is 11.9. The third kappa shape index (κ3) is 3.78. The van der Waals surface area contributed by atoms with Crippen molar-refractivity contribution in [3.05, 3.63) is 65.2 Å². The van der Waals surface area contributed by atoms with Crippen LogP contribution in [-0.2, 0) is 11.3 Å². The van der Waals surface area contributed by atoms with Crippen molar-refractivity contribution >= 4 is 33.4 Å². The molecule has 2 aromatic carbocycles. The molecule has 1 atom stereocenters. The van der Waals surface area contributed by atoms with Gasteiger partial charge in [-0.25, -0.2) is 4.98 Å². The average molecular weight is 339 g/mol. The summed E-state index contributed by atoms with van der Waals surface area (Å²) in [6.45, 7) is 2.01. The van der Waals surface area contributed by atoms with Gasteiger partial charge in [-0.3, -0.25) is 9.59 Å². The van der Waals surface area contributed by atoms with Gasteiger partial charge in [0.1, 0.15) is 11.0 Å². The first-order chi connectivity index (χ1) is 11.6. The predicted molar refractivity (Wildman–Crippen MR) is 94.8 cm³/mol. The van der Waals surface area contributed by atoms with Gasteiger partial charge in [0.15, 0.2) is 0 Å². The topological polar surface area (TPSA) is 71.1 Å². The van der Waals surface area contributed by atoms with Crippen molar-refractivity contribution in [2.24, 2.45) is 0 Å². The summed E-state index contributed by atoms with van der Waals surface area (Å²) in [6.07, 6.45) is 0. The number of carbonyl (C=O) groups excluding carboxylic acids is 2. The molecule has 0 bridgehead atoms. The number of benzene rings is 2. The van der Waals surface area contributed by atoms with Gasteiger partial charge in [-0.2, -0.15) is 0 Å². The molecule has 5 nitrogen and oxygen atoms in total. The third-order valence-corrected chi connectivity index (χ3v) is 4.57. The van der Waals surface area contributed by atoms with Crippen LogP contribution in [0.3, 0.4) is 0 Å². The minimum absolute atomic E-state index is 0.237. The molecule has 0 aliphatic carbocycles. The number of fused-ring (bicyclic) bond motifs is 1. The van der Waals surface area contributed by atoms with E-state index in [-0.39, 0.29) is 11.8 Å². The molecule has 3 rings (SSSR count). The molecule has 1 aromatic heterocycles. The van der Waals surface area contributed by atoms with Crippen molar-refractivity contribution in [1.29, 1.82) is 0 Å². The van der Waals surface area contributed by atoms with Crippen molar-refractivity contribution in [3.8, 4) is 0 Å². The molecule has 0 spiro atoms. The zero-order valence-corrected chi connectivity index (χ0v) is 14.0. The number of nitrogens with zero attached hydrogens (tertiary/aromatic N) is 1. The van der Waals surface area contributed by atoms with Crippen molar-refractivity contribution < 1.29 is 9.59 Å². The lowest BCUT2D eigenvalue weighted by Gasteiger charge is -2.13. The Morgan fingerprint density at radius 3 is 2.54 bits per heavy atom. The van der Waals surface area contributed by atoms with Gasteiger partial charge < -0.3 is 10.6 Å². The number of hydrogen-bond acceptors (Lipinski definition) is 4. The maximum Gasteiger partial charge on any atom is 0.251 e. The zero-order valence-electron chi connectivity index (χ0n) is 13.2. The van der Waals surface area contributed by atoms with Gasteiger partial charge in [0.05, 0.1) is 16.8 Å². The Kier molecular flexibility index (Phi) is 4.86. The molecule has 24 heavy (non-hydrogen) atoms. The number of para-hydroxylation sites is 1. The highest BCUT2D eigenvalue weighted by Gasteiger charge is 2.16. The zero-order chi connectivity index (χ0) is 16.9. The summed E-state index contributed by atoms with van der Waals surface area (Å²) in [5.41, 5.74) is 1.46. The summed E-state index contributed by atoms with van der Waals surface area (Å²) in [7, 11) is 0. The van der Waals surface area contributed by atoms with Crippen LogP contribution in [0.2, 0.25) is 0 Å². The monoisotopic (exact) mass is 339 g/mol. The molecule has 2 N–H and O–H groups in total. The molecule has 0 aliphatic rings. The van der Waals surface area contributed by atoms with E-state index in [1.165, 1.54) is 0 Å². The molecule has 0 fully saturated rings. The smallest absolute Gasteiger partial charge is 0.251 e. The fraction of sp³-hybridized carbons (Fsp3) is 0.167. The molecule has 2 amide bonds. The first kappa shape index (κ1) is 16.1. The molecular formula is C18H17N3O2S. The average Bonchev–Trinajstić information content (AvgIpc) is 3.03. The summed E-state index contributed by atoms with van der Waals surface area (Å²) in [6, 6.07) is 16.1. The van der Waals surface area contributed by atoms with Gasteiger partial charge in [-0.1, -0.05) is 30.3 Å². The Bertz CT molecular complexity index is 828. The Balaban J connectivity index is 1.55. The van der Waals surface area contributed by atoms with Crippen molar-refractivity contribution in [2.75, 3.05) is 0 Å². The molecule has 3 aromatic rings. The van der Waals surface area contributed by atoms with Gasteiger partial charge in [0, 0.05) is 5.56 Å². The summed E-state index contributed by atoms with van der Waals surface area (Å²) in [5.74, 6) is -0.503. The number of amides is 2. The maximum absolute atomic E-state index is 12.1. The molecular weight excluding hydrogens is 322 g/mol. The lowest BCUT2D eigenvalue weighted by Crippen LogP contribution is -2.44. The minimum atomic E-state index is -0.618. The highest BCUT2D eigenvalue weighted by Crippen LogP contribution is 2.21. The number of rotatable bonds is 5. The van der Waals surface area contributed by atoms with E-state index in [2.05, 4.69) is 15.6 Å². The number of hydrogen-bond donors (Lipinski definition) is 2. The summed E-state index contributed by atoms with van der Waals surface area (Å²) < 4.78 is 1.09. The highest BCUT2D eigenvalue weighted by atomic mass is 32.1. The molecule has 0 aliphatic heterocycles. The summed E-state index contributed by atoms with van der Waals surface area (Å²) in [5, 5.41) is 6.34. The fourth-order valence-electron chi connectivity index (χ4n) is 2.25. The number of nitrogens with one attached hydrogen (secondary N) is 2. The molecule has 0 radical (unpaired) electrons. The molecule has 122 valence electrons. The van der Waals surface area contributed by atoms with E-state index in [4.69, 9.17) is 0 Å². The van der Waals surface area contributed by atoms with Crippen LogP contribution in [0, 0.1) is 0 Å². The Labute approximate surface area is 143 Å². The largest absolute Gasteiger partial charge is 0.348 e. The second kappa shape index (κ2) is 7.23. The van der Waals surface area contributed by atoms with Crippen LogP contribution in [0.25, 0.3) is 10.2 Å². The van der Waals surface area contributed by atoms with E-state index in [0.29, 0.717) is 12.1 Å². The summed E-state index contributed by atoms with van der Waals surface area (Å²) >= 11 is 1.55. The molecule has 1 unspecified atom stereocenters. The third-order valence-electron chi connectivity index (χ3n) is 3.53. The standard InChI is InChI=1S/C18H17N3O2S/c1-12(20-18(23)13-7-3-2-4-8-13)17(22)19-11-16-21-14-9-5-6-10-15(14)24-16/h2-10,12H,11H2,1H3,(H,19,22)(H,20,23). The van der Waals surface area contributed by atoms with Crippen molar-refractivity contribution in [3.63, 3.8) is 0 Å². The van der Waals surface area contributed by atoms with E-state index < -0.39 is 6.04 Å². The Morgan fingerprint density at radius 2 is 1.79 bits per heavy atom. The fourth-order valence-corrected chi connectivity index (χ4v) is 3.15. The SMILES string of the molecule is CC(NC(=O)c1ccccc1)C(=O)NCc1nc2ccccc2s1. The lowest BCUT2D eigenvalue weighted by atomic mass is 10.2. The molecule has 6 heteroatoms. The lowest BCUT2D eigenvalue weighted by molar-refractivity contribution is -0.122. The van der Waals surface area contributed by atoms with Crippen LogP contribution in [-0.4, -0.2) is 22.8 Å². The number of aromatic nitrogens is 1. The Morgan fingerprint density at radius 1 is 1.08 bits per heavy atom. The van der Waals surface area contributed by atoms with Crippen LogP contribution in [0.1, 0.15) is 22.3 Å². The van der Waals surface area contributed by atoms with E-state index in [0.717, 1.165) is 15.2 Å². The Hall–Kier alpha value is -2.73. The van der Waals surface area contributed by atoms with E-state index in [1.54, 1.807) is 42.5 Å². The molecule has 0 saturated heterocycles. The maximum atomic E-state index is 12.1. The second-order valence-electron chi connectivity index (χ2n) is 5.35. The molecule has 1 heterocycles. The quantitative estimate of drug-likeness (QED) is 0.751. The number of carbonyl (C=O) groups is 2. The van der Waals surface area contributed by atoms with E-state index in [1.807, 2.05) is 30.3 Å². The predicted octanol–water partition coefficient (Wildman–Crippen LogP) is 2.73. The van der Waals surface area contributed by atoms with E-state index >= 15 is 0 Å². The van der Waals surface area contributed by atoms with Crippen LogP contribution in [0.5, 0.6) is 0 Å². The van der Waals surface area contributed by atoms with Crippen molar-refractivity contribution in [1.82, 2.24) is 15.6 Å². The van der Waals surface area contributed by atoms with Gasteiger partial charge in [0.25, 0.3) is 5.91 Å². The minimum Gasteiger partial charge on any atom is -0.348 e. The molecule has 0 saturated carbocycles. The van der Waals surface area contributed by atoms with Crippen LogP contribution in [0.15, 0.2) is 54.6 Å². The van der Waals surface area contributed by atoms with Gasteiger partial charge in [0.2, 0.25) is 5.91 Å². The van der Waals surface area contributed by atoms with Crippen LogP contribution in [0.4, 0.5) is 0 Å². The summed E-state index contributed by atoms with van der Waals surface area (Å²) in [4.78, 5) is 28.7. The van der Waals surface area contributed by atoms with Gasteiger partial charge in [-0.05, 0) is 31.2 Å². The number of thiazole rings is 1. The van der Waals surface area contributed by atoms with Crippen molar-refractivity contribution in [2.45, 2.75) is 19.5 Å². The van der Waals surface area contributed by atoms with Crippen LogP contribution >= 0.6 is 11.3 Å². The first-order valence-corrected chi connectivity index (χ1v) is 8.43. The van der Waals surface area contributed by atoms with E-state index in [9.17, 15) is 9.59 Å². The van der Waals surface area contributed by atoms with Gasteiger partial charge in [-0.15, -0.1) is 11.3 Å². The first-order valence-electron chi connectivity index (χ1n) is 7.61.